The second kappa shape index (κ2) is 5.02. The van der Waals surface area contributed by atoms with E-state index in [1.54, 1.807) is 6.92 Å². The van der Waals surface area contributed by atoms with E-state index in [4.69, 9.17) is 0 Å². The van der Waals surface area contributed by atoms with Crippen molar-refractivity contribution in [3.63, 3.8) is 0 Å². The van der Waals surface area contributed by atoms with Gasteiger partial charge in [-0.05, 0) is 17.5 Å². The van der Waals surface area contributed by atoms with Crippen LogP contribution in [0.3, 0.4) is 0 Å². The topological polar surface area (TPSA) is 54.4 Å². The summed E-state index contributed by atoms with van der Waals surface area (Å²) in [5.74, 6) is 0.00540. The molecule has 1 aromatic rings. The predicted octanol–water partition coefficient (Wildman–Crippen LogP) is 1.76. The fourth-order valence-corrected chi connectivity index (χ4v) is 4.54. The molecule has 2 rings (SSSR count). The molecule has 1 fully saturated rings. The van der Waals surface area contributed by atoms with Crippen LogP contribution in [0.5, 0.6) is 0 Å². The number of aliphatic hydroxyl groups excluding tert-OH is 1. The second-order valence-electron chi connectivity index (χ2n) is 4.88. The Balaban J connectivity index is 2.23. The van der Waals surface area contributed by atoms with Gasteiger partial charge in [0, 0.05) is 24.2 Å². The molecule has 0 unspecified atom stereocenters. The van der Waals surface area contributed by atoms with Gasteiger partial charge in [0.2, 0.25) is 0 Å². The fourth-order valence-electron chi connectivity index (χ4n) is 2.65. The summed E-state index contributed by atoms with van der Waals surface area (Å²) >= 11 is 0. The van der Waals surface area contributed by atoms with Gasteiger partial charge in [0.05, 0.1) is 5.25 Å². The minimum absolute atomic E-state index is 0.0224. The molecule has 0 aliphatic heterocycles. The average Bonchev–Trinajstić information content (AvgIpc) is 3.14. The lowest BCUT2D eigenvalue weighted by Gasteiger charge is -2.02. The highest BCUT2D eigenvalue weighted by Crippen LogP contribution is 2.52. The number of sulfone groups is 1. The van der Waals surface area contributed by atoms with E-state index in [0.717, 1.165) is 12.0 Å². The SMILES string of the molecule is CCc1ccc([C@@H]2[C@H](CO)[C@H]2S(=O)(=O)CC)cc1. The van der Waals surface area contributed by atoms with Crippen molar-refractivity contribution in [2.45, 2.75) is 31.4 Å². The average molecular weight is 268 g/mol. The summed E-state index contributed by atoms with van der Waals surface area (Å²) in [6.45, 7) is 3.70. The van der Waals surface area contributed by atoms with Gasteiger partial charge in [-0.3, -0.25) is 0 Å². The molecule has 18 heavy (non-hydrogen) atoms. The van der Waals surface area contributed by atoms with Crippen molar-refractivity contribution in [1.82, 2.24) is 0 Å². The van der Waals surface area contributed by atoms with E-state index < -0.39 is 9.84 Å². The maximum absolute atomic E-state index is 11.9. The van der Waals surface area contributed by atoms with Crippen LogP contribution in [0.4, 0.5) is 0 Å². The van der Waals surface area contributed by atoms with Gasteiger partial charge in [-0.2, -0.15) is 0 Å². The first-order chi connectivity index (χ1) is 8.55. The molecule has 0 amide bonds. The highest BCUT2D eigenvalue weighted by molar-refractivity contribution is 7.92. The third-order valence-corrected chi connectivity index (χ3v) is 6.17. The molecule has 0 saturated heterocycles. The Morgan fingerprint density at radius 2 is 1.78 bits per heavy atom. The Morgan fingerprint density at radius 3 is 2.22 bits per heavy atom. The number of hydrogen-bond donors (Lipinski definition) is 1. The lowest BCUT2D eigenvalue weighted by molar-refractivity contribution is 0.274. The van der Waals surface area contributed by atoms with E-state index in [1.165, 1.54) is 5.56 Å². The maximum Gasteiger partial charge on any atom is 0.153 e. The van der Waals surface area contributed by atoms with Gasteiger partial charge in [0.15, 0.2) is 9.84 Å². The van der Waals surface area contributed by atoms with E-state index >= 15 is 0 Å². The molecule has 1 aliphatic rings. The van der Waals surface area contributed by atoms with Crippen LogP contribution in [0, 0.1) is 5.92 Å². The van der Waals surface area contributed by atoms with Crippen LogP contribution in [0.25, 0.3) is 0 Å². The summed E-state index contributed by atoms with van der Waals surface area (Å²) in [5, 5.41) is 8.91. The monoisotopic (exact) mass is 268 g/mol. The highest BCUT2D eigenvalue weighted by atomic mass is 32.2. The smallest absolute Gasteiger partial charge is 0.153 e. The number of rotatable bonds is 5. The number of aliphatic hydroxyl groups is 1. The highest BCUT2D eigenvalue weighted by Gasteiger charge is 2.57. The van der Waals surface area contributed by atoms with E-state index in [9.17, 15) is 13.5 Å². The first kappa shape index (κ1) is 13.6. The standard InChI is InChI=1S/C14H20O3S/c1-3-10-5-7-11(8-6-10)13-12(9-15)14(13)18(16,17)4-2/h5-8,12-15H,3-4,9H2,1-2H3/t12-,13+,14+/m0/s1. The molecular weight excluding hydrogens is 248 g/mol. The Morgan fingerprint density at radius 1 is 1.17 bits per heavy atom. The molecule has 0 heterocycles. The molecule has 0 spiro atoms. The minimum Gasteiger partial charge on any atom is -0.396 e. The lowest BCUT2D eigenvalue weighted by Crippen LogP contribution is -2.13. The van der Waals surface area contributed by atoms with Gasteiger partial charge in [-0.1, -0.05) is 38.1 Å². The molecule has 0 radical (unpaired) electrons. The van der Waals surface area contributed by atoms with E-state index in [2.05, 4.69) is 6.92 Å². The Hall–Kier alpha value is -0.870. The first-order valence-electron chi connectivity index (χ1n) is 6.46. The van der Waals surface area contributed by atoms with Crippen LogP contribution in [0.1, 0.15) is 30.9 Å². The Bertz CT molecular complexity index is 504. The van der Waals surface area contributed by atoms with Crippen LogP contribution in [-0.4, -0.2) is 31.1 Å². The largest absolute Gasteiger partial charge is 0.396 e. The van der Waals surface area contributed by atoms with Gasteiger partial charge in [-0.25, -0.2) is 8.42 Å². The zero-order valence-corrected chi connectivity index (χ0v) is 11.7. The fraction of sp³-hybridized carbons (Fsp3) is 0.571. The molecule has 1 aliphatic carbocycles. The maximum atomic E-state index is 11.9. The summed E-state index contributed by atoms with van der Waals surface area (Å²) in [7, 11) is -3.06. The quantitative estimate of drug-likeness (QED) is 0.885. The van der Waals surface area contributed by atoms with Crippen molar-refractivity contribution >= 4 is 9.84 Å². The summed E-state index contributed by atoms with van der Waals surface area (Å²) in [6.07, 6.45) is 0.977. The van der Waals surface area contributed by atoms with Crippen LogP contribution < -0.4 is 0 Å². The van der Waals surface area contributed by atoms with E-state index in [-0.39, 0.29) is 29.4 Å². The summed E-state index contributed by atoms with van der Waals surface area (Å²) < 4.78 is 23.9. The number of hydrogen-bond acceptors (Lipinski definition) is 3. The zero-order chi connectivity index (χ0) is 13.3. The van der Waals surface area contributed by atoms with Crippen LogP contribution >= 0.6 is 0 Å². The minimum atomic E-state index is -3.06. The Kier molecular flexibility index (Phi) is 3.78. The molecule has 1 N–H and O–H groups in total. The Labute approximate surface area is 109 Å². The van der Waals surface area contributed by atoms with Gasteiger partial charge in [0.25, 0.3) is 0 Å². The zero-order valence-electron chi connectivity index (χ0n) is 10.8. The van der Waals surface area contributed by atoms with Crippen molar-refractivity contribution in [3.8, 4) is 0 Å². The molecule has 0 aromatic heterocycles. The molecule has 4 heteroatoms. The van der Waals surface area contributed by atoms with E-state index in [0.29, 0.717) is 0 Å². The first-order valence-corrected chi connectivity index (χ1v) is 8.18. The number of benzene rings is 1. The second-order valence-corrected chi connectivity index (χ2v) is 7.33. The third-order valence-electron chi connectivity index (χ3n) is 3.90. The van der Waals surface area contributed by atoms with Crippen molar-refractivity contribution in [2.24, 2.45) is 5.92 Å². The van der Waals surface area contributed by atoms with Crippen molar-refractivity contribution in [1.29, 1.82) is 0 Å². The molecular formula is C14H20O3S. The van der Waals surface area contributed by atoms with Gasteiger partial charge >= 0.3 is 0 Å². The van der Waals surface area contributed by atoms with Crippen molar-refractivity contribution in [3.05, 3.63) is 35.4 Å². The van der Waals surface area contributed by atoms with Crippen LogP contribution in [-0.2, 0) is 16.3 Å². The molecule has 3 nitrogen and oxygen atoms in total. The van der Waals surface area contributed by atoms with Crippen molar-refractivity contribution in [2.75, 3.05) is 12.4 Å². The summed E-state index contributed by atoms with van der Waals surface area (Å²) in [5.41, 5.74) is 2.28. The normalized spacial score (nSPS) is 27.2. The third kappa shape index (κ3) is 2.31. The summed E-state index contributed by atoms with van der Waals surface area (Å²) in [6, 6.07) is 8.07. The van der Waals surface area contributed by atoms with Crippen LogP contribution in [0.2, 0.25) is 0 Å². The molecule has 0 bridgehead atoms. The van der Waals surface area contributed by atoms with Crippen molar-refractivity contribution < 1.29 is 13.5 Å². The molecule has 1 saturated carbocycles. The molecule has 100 valence electrons. The molecule has 1 aromatic carbocycles. The van der Waals surface area contributed by atoms with Gasteiger partial charge in [-0.15, -0.1) is 0 Å². The van der Waals surface area contributed by atoms with Gasteiger partial charge < -0.3 is 5.11 Å². The summed E-state index contributed by atoms with van der Waals surface area (Å²) in [4.78, 5) is 0. The van der Waals surface area contributed by atoms with E-state index in [1.807, 2.05) is 24.3 Å². The van der Waals surface area contributed by atoms with Gasteiger partial charge in [0.1, 0.15) is 0 Å². The predicted molar refractivity (Wildman–Crippen MR) is 72.4 cm³/mol. The van der Waals surface area contributed by atoms with Crippen LogP contribution in [0.15, 0.2) is 24.3 Å². The number of aryl methyl sites for hydroxylation is 1. The lowest BCUT2D eigenvalue weighted by atomic mass is 10.1. The molecule has 3 atom stereocenters.